The summed E-state index contributed by atoms with van der Waals surface area (Å²) >= 11 is 0. The van der Waals surface area contributed by atoms with Gasteiger partial charge in [-0.15, -0.1) is 0 Å². The number of likely N-dealkylation sites (N-methyl/N-ethyl adjacent to an activating group) is 2. The fourth-order valence-electron chi connectivity index (χ4n) is 3.82. The number of esters is 1. The Labute approximate surface area is 171 Å². The minimum absolute atomic E-state index is 0.201. The van der Waals surface area contributed by atoms with Crippen LogP contribution < -0.4 is 5.32 Å². The Morgan fingerprint density at radius 2 is 1.83 bits per heavy atom. The van der Waals surface area contributed by atoms with Gasteiger partial charge in [0.25, 0.3) is 0 Å². The highest BCUT2D eigenvalue weighted by molar-refractivity contribution is 5.95. The van der Waals surface area contributed by atoms with Crippen LogP contribution in [-0.2, 0) is 9.53 Å². The number of nitrogens with one attached hydrogen (secondary N) is 1. The third-order valence-electron chi connectivity index (χ3n) is 5.57. The molecule has 1 fully saturated rings. The van der Waals surface area contributed by atoms with Crippen LogP contribution in [0.4, 0.5) is 9.18 Å². The van der Waals surface area contributed by atoms with Crippen molar-refractivity contribution in [2.24, 2.45) is 0 Å². The van der Waals surface area contributed by atoms with E-state index in [2.05, 4.69) is 22.0 Å². The third-order valence-corrected chi connectivity index (χ3v) is 5.57. The molecule has 0 saturated carbocycles. The average molecular weight is 404 g/mol. The highest BCUT2D eigenvalue weighted by atomic mass is 19.1. The number of benzene rings is 1. The van der Waals surface area contributed by atoms with Gasteiger partial charge in [-0.3, -0.25) is 9.80 Å². The Kier molecular flexibility index (Phi) is 6.87. The Morgan fingerprint density at radius 3 is 2.45 bits per heavy atom. The van der Waals surface area contributed by atoms with Crippen LogP contribution in [0.1, 0.15) is 25.5 Å². The molecule has 2 heterocycles. The molecule has 1 N–H and O–H groups in total. The summed E-state index contributed by atoms with van der Waals surface area (Å²) in [6.45, 7) is 9.05. The molecule has 0 aromatic heterocycles. The van der Waals surface area contributed by atoms with Crippen molar-refractivity contribution in [3.8, 4) is 0 Å². The predicted octanol–water partition coefficient (Wildman–Crippen LogP) is 1.98. The van der Waals surface area contributed by atoms with Gasteiger partial charge >= 0.3 is 12.0 Å². The quantitative estimate of drug-likeness (QED) is 0.735. The summed E-state index contributed by atoms with van der Waals surface area (Å²) < 4.78 is 19.8. The van der Waals surface area contributed by atoms with Crippen molar-refractivity contribution in [1.82, 2.24) is 20.0 Å². The standard InChI is InChI=1S/C21H29FN4O3/c1-4-25-10-12-26(13-11-25)14-17-18(20(27)29-5-2)19(23-21(28)24(17)3)15-8-6-7-9-16(15)22/h6-9,19H,4-5,10-14H2,1-3H3,(H,23,28)/t19-/m0/s1. The van der Waals surface area contributed by atoms with Crippen molar-refractivity contribution in [2.45, 2.75) is 19.9 Å². The van der Waals surface area contributed by atoms with Gasteiger partial charge < -0.3 is 15.0 Å². The van der Waals surface area contributed by atoms with Crippen molar-refractivity contribution in [1.29, 1.82) is 0 Å². The summed E-state index contributed by atoms with van der Waals surface area (Å²) in [7, 11) is 1.63. The largest absolute Gasteiger partial charge is 0.463 e. The summed E-state index contributed by atoms with van der Waals surface area (Å²) in [5.41, 5.74) is 1.10. The Morgan fingerprint density at radius 1 is 1.17 bits per heavy atom. The molecule has 2 aliphatic rings. The number of carbonyl (C=O) groups is 2. The van der Waals surface area contributed by atoms with Gasteiger partial charge in [0, 0.05) is 51.0 Å². The summed E-state index contributed by atoms with van der Waals surface area (Å²) in [5.74, 6) is -1.00. The number of urea groups is 1. The SMILES string of the molecule is CCOC(=O)C1=C(CN2CCN(CC)CC2)N(C)C(=O)N[C@H]1c1ccccc1F. The van der Waals surface area contributed by atoms with Gasteiger partial charge in [0.2, 0.25) is 0 Å². The van der Waals surface area contributed by atoms with Crippen molar-refractivity contribution >= 4 is 12.0 Å². The molecular formula is C21H29FN4O3. The Bertz CT molecular complexity index is 790. The molecule has 3 rings (SSSR count). The number of carbonyl (C=O) groups excluding carboxylic acids is 2. The van der Waals surface area contributed by atoms with E-state index >= 15 is 0 Å². The van der Waals surface area contributed by atoms with Crippen LogP contribution in [0.3, 0.4) is 0 Å². The van der Waals surface area contributed by atoms with E-state index in [1.54, 1.807) is 32.2 Å². The molecule has 0 bridgehead atoms. The lowest BCUT2D eigenvalue weighted by molar-refractivity contribution is -0.139. The monoisotopic (exact) mass is 404 g/mol. The van der Waals surface area contributed by atoms with Crippen LogP contribution >= 0.6 is 0 Å². The zero-order valence-corrected chi connectivity index (χ0v) is 17.3. The number of nitrogens with zero attached hydrogens (tertiary/aromatic N) is 3. The van der Waals surface area contributed by atoms with Crippen molar-refractivity contribution < 1.29 is 18.7 Å². The first-order chi connectivity index (χ1) is 14.0. The predicted molar refractivity (Wildman–Crippen MR) is 108 cm³/mol. The van der Waals surface area contributed by atoms with Crippen molar-refractivity contribution in [3.05, 3.63) is 46.9 Å². The van der Waals surface area contributed by atoms with E-state index < -0.39 is 17.8 Å². The van der Waals surface area contributed by atoms with Crippen molar-refractivity contribution in [3.63, 3.8) is 0 Å². The van der Waals surface area contributed by atoms with Gasteiger partial charge in [-0.1, -0.05) is 25.1 Å². The molecule has 2 aliphatic heterocycles. The highest BCUT2D eigenvalue weighted by Crippen LogP contribution is 2.32. The van der Waals surface area contributed by atoms with Crippen LogP contribution in [0.25, 0.3) is 0 Å². The molecule has 0 radical (unpaired) electrons. The third kappa shape index (κ3) is 4.59. The second kappa shape index (κ2) is 9.37. The summed E-state index contributed by atoms with van der Waals surface area (Å²) in [4.78, 5) is 31.5. The maximum absolute atomic E-state index is 14.5. The van der Waals surface area contributed by atoms with Gasteiger partial charge in [-0.2, -0.15) is 0 Å². The fraction of sp³-hybridized carbons (Fsp3) is 0.524. The lowest BCUT2D eigenvalue weighted by Gasteiger charge is -2.39. The van der Waals surface area contributed by atoms with E-state index in [-0.39, 0.29) is 23.8 Å². The number of hydrogen-bond acceptors (Lipinski definition) is 5. The number of rotatable bonds is 6. The molecular weight excluding hydrogens is 375 g/mol. The zero-order valence-electron chi connectivity index (χ0n) is 17.3. The lowest BCUT2D eigenvalue weighted by Crippen LogP contribution is -2.52. The summed E-state index contributed by atoms with van der Waals surface area (Å²) in [6.07, 6.45) is 0. The molecule has 1 saturated heterocycles. The molecule has 1 aromatic carbocycles. The van der Waals surface area contributed by atoms with E-state index in [1.165, 1.54) is 11.0 Å². The van der Waals surface area contributed by atoms with Crippen LogP contribution in [0.15, 0.2) is 35.5 Å². The molecule has 2 amide bonds. The second-order valence-corrected chi connectivity index (χ2v) is 7.25. The first-order valence-corrected chi connectivity index (χ1v) is 10.1. The number of hydrogen-bond donors (Lipinski definition) is 1. The fourth-order valence-corrected chi connectivity index (χ4v) is 3.82. The van der Waals surface area contributed by atoms with Gasteiger partial charge in [0.1, 0.15) is 5.82 Å². The number of halogens is 1. The van der Waals surface area contributed by atoms with Crippen LogP contribution in [0.5, 0.6) is 0 Å². The molecule has 0 spiro atoms. The van der Waals surface area contributed by atoms with Gasteiger partial charge in [-0.25, -0.2) is 14.0 Å². The minimum Gasteiger partial charge on any atom is -0.463 e. The highest BCUT2D eigenvalue weighted by Gasteiger charge is 2.38. The molecule has 158 valence electrons. The van der Waals surface area contributed by atoms with E-state index in [0.717, 1.165) is 32.7 Å². The molecule has 0 aliphatic carbocycles. The van der Waals surface area contributed by atoms with E-state index in [0.29, 0.717) is 12.2 Å². The van der Waals surface area contributed by atoms with Gasteiger partial charge in [0.05, 0.1) is 18.2 Å². The topological polar surface area (TPSA) is 65.1 Å². The van der Waals surface area contributed by atoms with Gasteiger partial charge in [-0.05, 0) is 19.5 Å². The van der Waals surface area contributed by atoms with Gasteiger partial charge in [0.15, 0.2) is 0 Å². The molecule has 1 aromatic rings. The Hall–Kier alpha value is -2.45. The normalized spacial score (nSPS) is 21.3. The van der Waals surface area contributed by atoms with E-state index in [9.17, 15) is 14.0 Å². The van der Waals surface area contributed by atoms with Crippen LogP contribution in [-0.4, -0.2) is 79.6 Å². The second-order valence-electron chi connectivity index (χ2n) is 7.25. The molecule has 29 heavy (non-hydrogen) atoms. The smallest absolute Gasteiger partial charge is 0.338 e. The molecule has 1 atom stereocenters. The maximum Gasteiger partial charge on any atom is 0.338 e. The molecule has 0 unspecified atom stereocenters. The van der Waals surface area contributed by atoms with E-state index in [1.807, 2.05) is 0 Å². The first-order valence-electron chi connectivity index (χ1n) is 10.1. The zero-order chi connectivity index (χ0) is 21.0. The average Bonchev–Trinajstić information content (AvgIpc) is 2.72. The number of ether oxygens (including phenoxy) is 1. The maximum atomic E-state index is 14.5. The first kappa shape index (κ1) is 21.3. The Balaban J connectivity index is 1.99. The molecule has 7 nitrogen and oxygen atoms in total. The van der Waals surface area contributed by atoms with Crippen LogP contribution in [0.2, 0.25) is 0 Å². The summed E-state index contributed by atoms with van der Waals surface area (Å²) in [6, 6.07) is 4.93. The molecule has 8 heteroatoms. The number of piperazine rings is 1. The lowest BCUT2D eigenvalue weighted by atomic mass is 9.94. The minimum atomic E-state index is -0.883. The summed E-state index contributed by atoms with van der Waals surface area (Å²) in [5, 5.41) is 2.76. The van der Waals surface area contributed by atoms with Crippen molar-refractivity contribution in [2.75, 3.05) is 52.9 Å². The van der Waals surface area contributed by atoms with E-state index in [4.69, 9.17) is 4.74 Å². The van der Waals surface area contributed by atoms with Crippen LogP contribution in [0, 0.1) is 5.82 Å². The number of amides is 2.